The molecule has 23 heavy (non-hydrogen) atoms. The van der Waals surface area contributed by atoms with Crippen LogP contribution in [0, 0.1) is 0 Å². The molecule has 0 N–H and O–H groups in total. The van der Waals surface area contributed by atoms with Gasteiger partial charge < -0.3 is 9.47 Å². The molecule has 0 saturated heterocycles. The van der Waals surface area contributed by atoms with E-state index >= 15 is 0 Å². The Morgan fingerprint density at radius 2 is 2.30 bits per heavy atom. The molecule has 1 amide bonds. The van der Waals surface area contributed by atoms with Gasteiger partial charge in [0, 0.05) is 18.5 Å². The number of rotatable bonds is 3. The first-order valence-corrected chi connectivity index (χ1v) is 8.24. The maximum absolute atomic E-state index is 12.6. The molecule has 4 heterocycles. The van der Waals surface area contributed by atoms with E-state index in [1.54, 1.807) is 21.9 Å². The Hall–Kier alpha value is -2.55. The van der Waals surface area contributed by atoms with Crippen LogP contribution in [0.2, 0.25) is 0 Å². The van der Waals surface area contributed by atoms with Gasteiger partial charge in [-0.15, -0.1) is 11.3 Å². The van der Waals surface area contributed by atoms with Crippen molar-refractivity contribution in [1.29, 1.82) is 0 Å². The minimum absolute atomic E-state index is 0.0363. The van der Waals surface area contributed by atoms with Gasteiger partial charge in [-0.2, -0.15) is 5.10 Å². The van der Waals surface area contributed by atoms with Gasteiger partial charge in [-0.05, 0) is 6.92 Å². The molecule has 1 atom stereocenters. The quantitative estimate of drug-likeness (QED) is 0.721. The first kappa shape index (κ1) is 14.1. The molecule has 8 nitrogen and oxygen atoms in total. The molecule has 3 aromatic heterocycles. The normalized spacial score (nSPS) is 17.3. The molecule has 118 valence electrons. The van der Waals surface area contributed by atoms with E-state index < -0.39 is 0 Å². The van der Waals surface area contributed by atoms with Crippen molar-refractivity contribution < 1.29 is 4.79 Å². The topological polar surface area (TPSA) is 81.7 Å². The Morgan fingerprint density at radius 1 is 1.39 bits per heavy atom. The third-order valence-corrected chi connectivity index (χ3v) is 4.66. The largest absolute Gasteiger partial charge is 0.327 e. The highest BCUT2D eigenvalue weighted by Gasteiger charge is 2.31. The Morgan fingerprint density at radius 3 is 3.04 bits per heavy atom. The van der Waals surface area contributed by atoms with E-state index in [4.69, 9.17) is 0 Å². The number of hydrogen-bond donors (Lipinski definition) is 0. The Labute approximate surface area is 136 Å². The molecule has 4 rings (SSSR count). The number of carbonyl (C=O) groups excluding carboxylic acids is 1. The lowest BCUT2D eigenvalue weighted by Crippen LogP contribution is -2.41. The van der Waals surface area contributed by atoms with Crippen molar-refractivity contribution in [2.75, 3.05) is 6.54 Å². The average molecular weight is 329 g/mol. The van der Waals surface area contributed by atoms with E-state index in [1.807, 2.05) is 18.0 Å². The van der Waals surface area contributed by atoms with Crippen molar-refractivity contribution in [2.24, 2.45) is 0 Å². The highest BCUT2D eigenvalue weighted by Crippen LogP contribution is 2.27. The predicted molar refractivity (Wildman–Crippen MR) is 82.9 cm³/mol. The van der Waals surface area contributed by atoms with Crippen LogP contribution >= 0.6 is 11.3 Å². The van der Waals surface area contributed by atoms with Gasteiger partial charge in [-0.25, -0.2) is 19.6 Å². The van der Waals surface area contributed by atoms with Crippen LogP contribution in [0.4, 0.5) is 0 Å². The number of aromatic nitrogens is 6. The molecule has 0 aromatic carbocycles. The number of thiazole rings is 1. The monoisotopic (exact) mass is 329 g/mol. The van der Waals surface area contributed by atoms with Gasteiger partial charge in [0.05, 0.1) is 30.0 Å². The van der Waals surface area contributed by atoms with Gasteiger partial charge >= 0.3 is 0 Å². The molecule has 0 saturated carbocycles. The molecule has 1 aliphatic heterocycles. The zero-order valence-electron chi connectivity index (χ0n) is 12.5. The fourth-order valence-corrected chi connectivity index (χ4v) is 3.43. The van der Waals surface area contributed by atoms with Crippen LogP contribution in [-0.2, 0) is 13.1 Å². The van der Waals surface area contributed by atoms with Crippen molar-refractivity contribution >= 4 is 17.2 Å². The fourth-order valence-electron chi connectivity index (χ4n) is 2.91. The number of hydrogen-bond acceptors (Lipinski definition) is 6. The minimum atomic E-state index is -0.0811. The Bertz CT molecular complexity index is 808. The molecule has 0 aliphatic carbocycles. The van der Waals surface area contributed by atoms with Crippen molar-refractivity contribution in [3.05, 3.63) is 47.0 Å². The molecule has 1 unspecified atom stereocenters. The lowest BCUT2D eigenvalue weighted by Gasteiger charge is -2.34. The molecular weight excluding hydrogens is 314 g/mol. The summed E-state index contributed by atoms with van der Waals surface area (Å²) in [6, 6.07) is -0.0811. The molecule has 9 heteroatoms. The Kier molecular flexibility index (Phi) is 3.41. The SMILES string of the molecule is CC1c2ncc(Cn3cncn3)n2CCN1C(=O)c1cscn1. The molecule has 1 aliphatic rings. The van der Waals surface area contributed by atoms with E-state index in [9.17, 15) is 4.79 Å². The van der Waals surface area contributed by atoms with Gasteiger partial charge in [0.1, 0.15) is 24.2 Å². The Balaban J connectivity index is 1.59. The molecule has 0 bridgehead atoms. The summed E-state index contributed by atoms with van der Waals surface area (Å²) in [4.78, 5) is 27.0. The number of imidazole rings is 1. The third kappa shape index (κ3) is 2.42. The van der Waals surface area contributed by atoms with Gasteiger partial charge in [0.15, 0.2) is 0 Å². The van der Waals surface area contributed by atoms with Crippen molar-refractivity contribution in [3.8, 4) is 0 Å². The van der Waals surface area contributed by atoms with E-state index in [1.165, 1.54) is 17.7 Å². The van der Waals surface area contributed by atoms with Crippen molar-refractivity contribution in [1.82, 2.24) is 34.2 Å². The molecular formula is C14H15N7OS. The smallest absolute Gasteiger partial charge is 0.273 e. The summed E-state index contributed by atoms with van der Waals surface area (Å²) < 4.78 is 3.93. The predicted octanol–water partition coefficient (Wildman–Crippen LogP) is 1.20. The van der Waals surface area contributed by atoms with Crippen LogP contribution in [0.3, 0.4) is 0 Å². The minimum Gasteiger partial charge on any atom is -0.327 e. The highest BCUT2D eigenvalue weighted by molar-refractivity contribution is 7.07. The summed E-state index contributed by atoms with van der Waals surface area (Å²) >= 11 is 1.43. The summed E-state index contributed by atoms with van der Waals surface area (Å²) in [7, 11) is 0. The van der Waals surface area contributed by atoms with Gasteiger partial charge in [0.2, 0.25) is 0 Å². The lowest BCUT2D eigenvalue weighted by molar-refractivity contribution is 0.0631. The third-order valence-electron chi connectivity index (χ3n) is 4.08. The summed E-state index contributed by atoms with van der Waals surface area (Å²) in [6.07, 6.45) is 5.05. The summed E-state index contributed by atoms with van der Waals surface area (Å²) in [5.74, 6) is 0.862. The second kappa shape index (κ2) is 5.58. The summed E-state index contributed by atoms with van der Waals surface area (Å²) in [5, 5.41) is 5.91. The molecule has 3 aromatic rings. The van der Waals surface area contributed by atoms with Gasteiger partial charge in [-0.1, -0.05) is 0 Å². The lowest BCUT2D eigenvalue weighted by atomic mass is 10.2. The maximum Gasteiger partial charge on any atom is 0.273 e. The first-order chi connectivity index (χ1) is 11.2. The second-order valence-corrected chi connectivity index (χ2v) is 6.12. The molecule has 0 fully saturated rings. The van der Waals surface area contributed by atoms with Crippen molar-refractivity contribution in [3.63, 3.8) is 0 Å². The van der Waals surface area contributed by atoms with Crippen molar-refractivity contribution in [2.45, 2.75) is 26.1 Å². The summed E-state index contributed by atoms with van der Waals surface area (Å²) in [6.45, 7) is 3.99. The zero-order valence-corrected chi connectivity index (χ0v) is 13.3. The summed E-state index contributed by atoms with van der Waals surface area (Å²) in [5.41, 5.74) is 3.25. The number of carbonyl (C=O) groups is 1. The van der Waals surface area contributed by atoms with Gasteiger partial charge in [-0.3, -0.25) is 4.79 Å². The van der Waals surface area contributed by atoms with E-state index in [0.29, 0.717) is 18.8 Å². The van der Waals surface area contributed by atoms with Crippen LogP contribution in [0.25, 0.3) is 0 Å². The van der Waals surface area contributed by atoms with Crippen LogP contribution in [0.5, 0.6) is 0 Å². The number of nitrogens with zero attached hydrogens (tertiary/aromatic N) is 7. The van der Waals surface area contributed by atoms with Crippen LogP contribution in [0.1, 0.15) is 35.0 Å². The number of amides is 1. The van der Waals surface area contributed by atoms with E-state index in [2.05, 4.69) is 24.6 Å². The van der Waals surface area contributed by atoms with E-state index in [-0.39, 0.29) is 11.9 Å². The molecule has 0 spiro atoms. The maximum atomic E-state index is 12.6. The number of fused-ring (bicyclic) bond motifs is 1. The molecule has 0 radical (unpaired) electrons. The zero-order chi connectivity index (χ0) is 15.8. The van der Waals surface area contributed by atoms with Gasteiger partial charge in [0.25, 0.3) is 5.91 Å². The standard InChI is InChI=1S/C14H15N7OS/c1-10-13-16-4-11(5-19-8-15-7-18-19)21(13)3-2-20(10)14(22)12-6-23-9-17-12/h4,6-10H,2-3,5H2,1H3. The second-order valence-electron chi connectivity index (χ2n) is 5.40. The van der Waals surface area contributed by atoms with Crippen LogP contribution in [-0.4, -0.2) is 46.7 Å². The highest BCUT2D eigenvalue weighted by atomic mass is 32.1. The van der Waals surface area contributed by atoms with Crippen LogP contribution in [0.15, 0.2) is 29.7 Å². The fraction of sp³-hybridized carbons (Fsp3) is 0.357. The van der Waals surface area contributed by atoms with E-state index in [0.717, 1.165) is 18.1 Å². The average Bonchev–Trinajstić information content (AvgIpc) is 3.30. The first-order valence-electron chi connectivity index (χ1n) is 7.30. The van der Waals surface area contributed by atoms with Crippen LogP contribution < -0.4 is 0 Å².